The number of hydrogen-bond acceptors (Lipinski definition) is 3. The van der Waals surface area contributed by atoms with E-state index in [-0.39, 0.29) is 5.41 Å². The number of nitrogens with zero attached hydrogens (tertiary/aromatic N) is 3. The third-order valence-corrected chi connectivity index (χ3v) is 7.04. The molecule has 2 atom stereocenters. The molecule has 2 heterocycles. The zero-order valence-electron chi connectivity index (χ0n) is 18.6. The summed E-state index contributed by atoms with van der Waals surface area (Å²) in [5, 5.41) is 0. The van der Waals surface area contributed by atoms with Gasteiger partial charge in [0.1, 0.15) is 0 Å². The van der Waals surface area contributed by atoms with E-state index in [1.165, 1.54) is 16.7 Å². The number of aromatic nitrogens is 2. The molecular weight excluding hydrogens is 402 g/mol. The molecule has 1 aromatic heterocycles. The van der Waals surface area contributed by atoms with Crippen molar-refractivity contribution in [1.29, 1.82) is 0 Å². The quantitative estimate of drug-likeness (QED) is 0.335. The minimum absolute atomic E-state index is 0.202. The van der Waals surface area contributed by atoms with E-state index in [0.717, 1.165) is 41.2 Å². The van der Waals surface area contributed by atoms with Gasteiger partial charge in [-0.15, -0.1) is 0 Å². The lowest BCUT2D eigenvalue weighted by Crippen LogP contribution is -2.10. The van der Waals surface area contributed by atoms with E-state index in [4.69, 9.17) is 9.97 Å². The molecule has 1 aliphatic heterocycles. The number of benzene rings is 3. The average molecular weight is 428 g/mol. The highest BCUT2D eigenvalue weighted by Crippen LogP contribution is 2.61. The van der Waals surface area contributed by atoms with Crippen molar-refractivity contribution in [2.45, 2.75) is 19.8 Å². The predicted octanol–water partition coefficient (Wildman–Crippen LogP) is 7.32. The van der Waals surface area contributed by atoms with Crippen LogP contribution in [0.5, 0.6) is 0 Å². The van der Waals surface area contributed by atoms with E-state index in [0.29, 0.717) is 5.92 Å². The topological polar surface area (TPSA) is 38.1 Å². The number of aliphatic imine (C=N–C) groups is 1. The molecule has 3 aromatic carbocycles. The summed E-state index contributed by atoms with van der Waals surface area (Å²) in [6.07, 6.45) is 6.34. The van der Waals surface area contributed by atoms with Gasteiger partial charge < -0.3 is 0 Å². The number of allylic oxidation sites excluding steroid dienone is 1. The maximum Gasteiger partial charge on any atom is 0.158 e. The fourth-order valence-corrected chi connectivity index (χ4v) is 4.88. The largest absolute Gasteiger partial charge is 0.268 e. The monoisotopic (exact) mass is 427 g/mol. The van der Waals surface area contributed by atoms with E-state index in [1.54, 1.807) is 0 Å². The summed E-state index contributed by atoms with van der Waals surface area (Å²) >= 11 is 0. The van der Waals surface area contributed by atoms with Gasteiger partial charge in [-0.2, -0.15) is 0 Å². The Morgan fingerprint density at radius 3 is 1.91 bits per heavy atom. The highest BCUT2D eigenvalue weighted by Gasteiger charge is 2.55. The van der Waals surface area contributed by atoms with Crippen LogP contribution in [0.2, 0.25) is 0 Å². The Morgan fingerprint density at radius 1 is 0.727 bits per heavy atom. The lowest BCUT2D eigenvalue weighted by Gasteiger charge is -2.16. The van der Waals surface area contributed by atoms with Gasteiger partial charge in [0.05, 0.1) is 11.4 Å². The molecule has 0 saturated heterocycles. The van der Waals surface area contributed by atoms with Crippen LogP contribution in [0.15, 0.2) is 102 Å². The molecule has 3 heteroatoms. The molecule has 160 valence electrons. The molecule has 3 nitrogen and oxygen atoms in total. The second-order valence-corrected chi connectivity index (χ2v) is 8.98. The molecule has 1 saturated carbocycles. The summed E-state index contributed by atoms with van der Waals surface area (Å²) in [5.74, 6) is 1.27. The molecule has 0 N–H and O–H groups in total. The Balaban J connectivity index is 1.44. The highest BCUT2D eigenvalue weighted by molar-refractivity contribution is 5.84. The van der Waals surface area contributed by atoms with Crippen LogP contribution in [0.4, 0.5) is 0 Å². The van der Waals surface area contributed by atoms with Gasteiger partial charge in [-0.3, -0.25) is 4.99 Å². The molecule has 0 spiro atoms. The predicted molar refractivity (Wildman–Crippen MR) is 136 cm³/mol. The lowest BCUT2D eigenvalue weighted by atomic mass is 9.95. The van der Waals surface area contributed by atoms with Gasteiger partial charge in [0.25, 0.3) is 0 Å². The van der Waals surface area contributed by atoms with Gasteiger partial charge in [-0.25, -0.2) is 9.97 Å². The van der Waals surface area contributed by atoms with Crippen molar-refractivity contribution in [2.24, 2.45) is 16.3 Å². The fraction of sp³-hybridized carbons (Fsp3) is 0.167. The zero-order chi connectivity index (χ0) is 22.3. The van der Waals surface area contributed by atoms with E-state index in [2.05, 4.69) is 97.0 Å². The number of fused-ring (bicyclic) bond motifs is 1. The smallest absolute Gasteiger partial charge is 0.158 e. The van der Waals surface area contributed by atoms with Crippen molar-refractivity contribution >= 4 is 11.8 Å². The Hall–Kier alpha value is -3.85. The number of rotatable bonds is 5. The minimum atomic E-state index is 0.202. The molecule has 1 aliphatic carbocycles. The number of hydrogen-bond donors (Lipinski definition) is 0. The first-order valence-corrected chi connectivity index (χ1v) is 11.6. The molecule has 0 radical (unpaired) electrons. The van der Waals surface area contributed by atoms with Crippen molar-refractivity contribution < 1.29 is 0 Å². The third-order valence-electron chi connectivity index (χ3n) is 7.04. The van der Waals surface area contributed by atoms with Crippen molar-refractivity contribution in [1.82, 2.24) is 9.97 Å². The minimum Gasteiger partial charge on any atom is -0.268 e. The van der Waals surface area contributed by atoms with Crippen molar-refractivity contribution in [3.8, 4) is 33.6 Å². The summed E-state index contributed by atoms with van der Waals surface area (Å²) in [6, 6.07) is 31.6. The summed E-state index contributed by atoms with van der Waals surface area (Å²) in [5.41, 5.74) is 7.86. The molecule has 33 heavy (non-hydrogen) atoms. The maximum absolute atomic E-state index is 5.04. The van der Waals surface area contributed by atoms with Gasteiger partial charge in [-0.05, 0) is 30.0 Å². The Labute approximate surface area is 194 Å². The van der Waals surface area contributed by atoms with Crippen LogP contribution in [0.25, 0.3) is 39.2 Å². The SMILES string of the molecule is CCC12C=NC=C(c3nc(-c4ccccc4)cc(-c4ccc(-c5ccccc5)cc4)n3)C1C2. The molecule has 6 rings (SSSR count). The van der Waals surface area contributed by atoms with Crippen LogP contribution in [0.1, 0.15) is 25.6 Å². The Kier molecular flexibility index (Phi) is 4.76. The maximum atomic E-state index is 5.04. The van der Waals surface area contributed by atoms with Crippen LogP contribution in [0.3, 0.4) is 0 Å². The summed E-state index contributed by atoms with van der Waals surface area (Å²) in [4.78, 5) is 14.6. The molecule has 2 aliphatic rings. The van der Waals surface area contributed by atoms with Crippen LogP contribution in [0, 0.1) is 11.3 Å². The first-order chi connectivity index (χ1) is 16.3. The fourth-order valence-electron chi connectivity index (χ4n) is 4.88. The molecule has 2 unspecified atom stereocenters. The zero-order valence-corrected chi connectivity index (χ0v) is 18.6. The average Bonchev–Trinajstić information content (AvgIpc) is 3.65. The van der Waals surface area contributed by atoms with Crippen molar-refractivity contribution in [3.05, 3.63) is 103 Å². The van der Waals surface area contributed by atoms with Gasteiger partial charge in [0.15, 0.2) is 5.82 Å². The lowest BCUT2D eigenvalue weighted by molar-refractivity contribution is 0.644. The molecule has 1 fully saturated rings. The van der Waals surface area contributed by atoms with Crippen molar-refractivity contribution in [3.63, 3.8) is 0 Å². The van der Waals surface area contributed by atoms with Gasteiger partial charge >= 0.3 is 0 Å². The Bertz CT molecular complexity index is 1360. The van der Waals surface area contributed by atoms with Gasteiger partial charge in [-0.1, -0.05) is 91.9 Å². The van der Waals surface area contributed by atoms with Crippen molar-refractivity contribution in [2.75, 3.05) is 0 Å². The van der Waals surface area contributed by atoms with Crippen LogP contribution in [-0.4, -0.2) is 16.2 Å². The van der Waals surface area contributed by atoms with E-state index < -0.39 is 0 Å². The highest BCUT2D eigenvalue weighted by atomic mass is 14.9. The summed E-state index contributed by atoms with van der Waals surface area (Å²) < 4.78 is 0. The second-order valence-electron chi connectivity index (χ2n) is 8.98. The van der Waals surface area contributed by atoms with Gasteiger partial charge in [0, 0.05) is 40.4 Å². The van der Waals surface area contributed by atoms with E-state index in [9.17, 15) is 0 Å². The Morgan fingerprint density at radius 2 is 1.27 bits per heavy atom. The van der Waals surface area contributed by atoms with E-state index in [1.807, 2.05) is 18.3 Å². The third kappa shape index (κ3) is 3.60. The molecular formula is C30H25N3. The molecule has 4 aromatic rings. The molecule has 0 bridgehead atoms. The standard InChI is InChI=1S/C30H25N3/c1-2-30-18-26(30)25(19-31-20-30)29-32-27(23-11-7-4-8-12-23)17-28(33-29)24-15-13-22(14-16-24)21-9-5-3-6-10-21/h3-17,19-20,26H,2,18H2,1H3. The van der Waals surface area contributed by atoms with Crippen LogP contribution in [-0.2, 0) is 0 Å². The summed E-state index contributed by atoms with van der Waals surface area (Å²) in [6.45, 7) is 2.25. The second kappa shape index (κ2) is 7.93. The first kappa shape index (κ1) is 19.8. The normalized spacial score (nSPS) is 20.8. The summed E-state index contributed by atoms with van der Waals surface area (Å²) in [7, 11) is 0. The molecule has 0 amide bonds. The van der Waals surface area contributed by atoms with Crippen LogP contribution >= 0.6 is 0 Å². The van der Waals surface area contributed by atoms with Gasteiger partial charge in [0.2, 0.25) is 0 Å². The van der Waals surface area contributed by atoms with Crippen LogP contribution < -0.4 is 0 Å². The first-order valence-electron chi connectivity index (χ1n) is 11.6. The van der Waals surface area contributed by atoms with E-state index >= 15 is 0 Å².